The fourth-order valence-corrected chi connectivity index (χ4v) is 2.83. The van der Waals surface area contributed by atoms with Gasteiger partial charge in [-0.15, -0.1) is 0 Å². The van der Waals surface area contributed by atoms with Gasteiger partial charge in [-0.1, -0.05) is 0 Å². The summed E-state index contributed by atoms with van der Waals surface area (Å²) in [5.74, 6) is 0.730. The standard InChI is InChI=1S/C14H28N2O3S/c1-14(2,3)19-13(17)16-9-5-7-12(16)11-15-8-6-10-20(4)18/h12,15H,5-11H2,1-4H3. The maximum atomic E-state index is 12.1. The van der Waals surface area contributed by atoms with Gasteiger partial charge in [0.2, 0.25) is 0 Å². The zero-order chi connectivity index (χ0) is 15.2. The van der Waals surface area contributed by atoms with Gasteiger partial charge in [-0.05, 0) is 46.6 Å². The topological polar surface area (TPSA) is 58.6 Å². The number of hydrogen-bond donors (Lipinski definition) is 1. The first kappa shape index (κ1) is 17.4. The van der Waals surface area contributed by atoms with Crippen LogP contribution in [0.5, 0.6) is 0 Å². The third-order valence-electron chi connectivity index (χ3n) is 3.17. The van der Waals surface area contributed by atoms with Crippen LogP contribution in [0.2, 0.25) is 0 Å². The Balaban J connectivity index is 2.30. The Morgan fingerprint density at radius 3 is 2.75 bits per heavy atom. The van der Waals surface area contributed by atoms with Gasteiger partial charge in [-0.2, -0.15) is 0 Å². The highest BCUT2D eigenvalue weighted by Gasteiger charge is 2.31. The molecule has 6 heteroatoms. The number of amides is 1. The molecule has 1 heterocycles. The SMILES string of the molecule is CS(=O)CCCNCC1CCCN1C(=O)OC(C)(C)C. The number of carbonyl (C=O) groups is 1. The van der Waals surface area contributed by atoms with Gasteiger partial charge in [0.05, 0.1) is 0 Å². The molecule has 0 aromatic rings. The van der Waals surface area contributed by atoms with Crippen molar-refractivity contribution < 1.29 is 13.7 Å². The molecule has 0 spiro atoms. The number of likely N-dealkylation sites (tertiary alicyclic amines) is 1. The van der Waals surface area contributed by atoms with Gasteiger partial charge in [0, 0.05) is 41.9 Å². The first-order valence-electron chi connectivity index (χ1n) is 7.30. The fraction of sp³-hybridized carbons (Fsp3) is 0.929. The molecule has 0 saturated carbocycles. The largest absolute Gasteiger partial charge is 0.444 e. The van der Waals surface area contributed by atoms with Crippen molar-refractivity contribution >= 4 is 16.9 Å². The zero-order valence-electron chi connectivity index (χ0n) is 13.1. The number of ether oxygens (including phenoxy) is 1. The van der Waals surface area contributed by atoms with Gasteiger partial charge in [0.25, 0.3) is 0 Å². The smallest absolute Gasteiger partial charge is 0.410 e. The van der Waals surface area contributed by atoms with Gasteiger partial charge in [0.15, 0.2) is 0 Å². The van der Waals surface area contributed by atoms with Crippen LogP contribution < -0.4 is 5.32 Å². The molecule has 0 aromatic carbocycles. The van der Waals surface area contributed by atoms with Crippen molar-refractivity contribution in [2.45, 2.75) is 51.7 Å². The molecule has 1 amide bonds. The molecule has 5 nitrogen and oxygen atoms in total. The van der Waals surface area contributed by atoms with Crippen molar-refractivity contribution in [3.8, 4) is 0 Å². The van der Waals surface area contributed by atoms with E-state index in [1.165, 1.54) is 0 Å². The maximum absolute atomic E-state index is 12.1. The van der Waals surface area contributed by atoms with Crippen LogP contribution in [0.4, 0.5) is 4.79 Å². The van der Waals surface area contributed by atoms with Crippen molar-refractivity contribution in [2.24, 2.45) is 0 Å². The summed E-state index contributed by atoms with van der Waals surface area (Å²) in [6, 6.07) is 0.219. The number of carbonyl (C=O) groups excluding carboxylic acids is 1. The van der Waals surface area contributed by atoms with Crippen molar-refractivity contribution in [1.82, 2.24) is 10.2 Å². The van der Waals surface area contributed by atoms with Crippen LogP contribution in [0.25, 0.3) is 0 Å². The lowest BCUT2D eigenvalue weighted by atomic mass is 10.2. The third kappa shape index (κ3) is 6.70. The molecule has 1 aliphatic rings. The molecule has 0 aromatic heterocycles. The second-order valence-electron chi connectivity index (χ2n) is 6.30. The highest BCUT2D eigenvalue weighted by Crippen LogP contribution is 2.20. The van der Waals surface area contributed by atoms with E-state index >= 15 is 0 Å². The molecule has 2 unspecified atom stereocenters. The minimum Gasteiger partial charge on any atom is -0.444 e. The summed E-state index contributed by atoms with van der Waals surface area (Å²) in [6.07, 6.45) is 4.47. The second-order valence-corrected chi connectivity index (χ2v) is 7.86. The predicted molar refractivity (Wildman–Crippen MR) is 82.4 cm³/mol. The second kappa shape index (κ2) is 7.98. The minimum atomic E-state index is -0.721. The van der Waals surface area contributed by atoms with Gasteiger partial charge in [-0.25, -0.2) is 4.79 Å². The summed E-state index contributed by atoms with van der Waals surface area (Å²) >= 11 is 0. The Morgan fingerprint density at radius 1 is 1.45 bits per heavy atom. The molecular formula is C14H28N2O3S. The van der Waals surface area contributed by atoms with Crippen LogP contribution in [0.1, 0.15) is 40.0 Å². The summed E-state index contributed by atoms with van der Waals surface area (Å²) < 4.78 is 16.4. The molecule has 0 aliphatic carbocycles. The number of hydrogen-bond acceptors (Lipinski definition) is 4. The van der Waals surface area contributed by atoms with Crippen LogP contribution in [-0.4, -0.2) is 58.5 Å². The predicted octanol–water partition coefficient (Wildman–Crippen LogP) is 1.74. The third-order valence-corrected chi connectivity index (χ3v) is 4.03. The summed E-state index contributed by atoms with van der Waals surface area (Å²) in [7, 11) is -0.721. The van der Waals surface area contributed by atoms with E-state index in [4.69, 9.17) is 4.74 Å². The van der Waals surface area contributed by atoms with Gasteiger partial charge >= 0.3 is 6.09 Å². The molecule has 20 heavy (non-hydrogen) atoms. The van der Waals surface area contributed by atoms with Gasteiger partial charge in [-0.3, -0.25) is 4.21 Å². The number of nitrogens with zero attached hydrogens (tertiary/aromatic N) is 1. The molecule has 0 radical (unpaired) electrons. The van der Waals surface area contributed by atoms with E-state index in [1.54, 1.807) is 6.26 Å². The average molecular weight is 304 g/mol. The van der Waals surface area contributed by atoms with Crippen molar-refractivity contribution in [3.05, 3.63) is 0 Å². The van der Waals surface area contributed by atoms with E-state index in [0.29, 0.717) is 0 Å². The van der Waals surface area contributed by atoms with Crippen LogP contribution in [0, 0.1) is 0 Å². The van der Waals surface area contributed by atoms with Crippen LogP contribution in [0.15, 0.2) is 0 Å². The van der Waals surface area contributed by atoms with Crippen molar-refractivity contribution in [1.29, 1.82) is 0 Å². The number of nitrogens with one attached hydrogen (secondary N) is 1. The Labute approximate surface area is 124 Å². The van der Waals surface area contributed by atoms with Crippen molar-refractivity contribution in [3.63, 3.8) is 0 Å². The fourth-order valence-electron chi connectivity index (χ4n) is 2.28. The number of rotatable bonds is 6. The summed E-state index contributed by atoms with van der Waals surface area (Å²) in [6.45, 7) is 8.07. The van der Waals surface area contributed by atoms with E-state index in [9.17, 15) is 9.00 Å². The Hall–Kier alpha value is -0.620. The lowest BCUT2D eigenvalue weighted by Crippen LogP contribution is -2.44. The summed E-state index contributed by atoms with van der Waals surface area (Å²) in [4.78, 5) is 13.9. The molecule has 1 rings (SSSR count). The van der Waals surface area contributed by atoms with Crippen LogP contribution in [-0.2, 0) is 15.5 Å². The lowest BCUT2D eigenvalue weighted by Gasteiger charge is -2.28. The summed E-state index contributed by atoms with van der Waals surface area (Å²) in [5, 5.41) is 3.35. The summed E-state index contributed by atoms with van der Waals surface area (Å²) in [5.41, 5.74) is -0.442. The monoisotopic (exact) mass is 304 g/mol. The van der Waals surface area contributed by atoms with E-state index in [0.717, 1.165) is 44.6 Å². The zero-order valence-corrected chi connectivity index (χ0v) is 13.9. The van der Waals surface area contributed by atoms with Crippen LogP contribution in [0.3, 0.4) is 0 Å². The van der Waals surface area contributed by atoms with Crippen LogP contribution >= 0.6 is 0 Å². The molecule has 118 valence electrons. The molecule has 2 atom stereocenters. The maximum Gasteiger partial charge on any atom is 0.410 e. The van der Waals surface area contributed by atoms with E-state index < -0.39 is 16.4 Å². The highest BCUT2D eigenvalue weighted by molar-refractivity contribution is 7.84. The Morgan fingerprint density at radius 2 is 2.15 bits per heavy atom. The van der Waals surface area contributed by atoms with Gasteiger partial charge < -0.3 is 15.0 Å². The van der Waals surface area contributed by atoms with Crippen molar-refractivity contribution in [2.75, 3.05) is 31.6 Å². The van der Waals surface area contributed by atoms with E-state index in [-0.39, 0.29) is 12.1 Å². The Bertz CT molecular complexity index is 342. The molecule has 0 bridgehead atoms. The normalized spacial score (nSPS) is 21.0. The molecule has 1 N–H and O–H groups in total. The quantitative estimate of drug-likeness (QED) is 0.760. The Kier molecular flexibility index (Phi) is 6.95. The van der Waals surface area contributed by atoms with E-state index in [1.807, 2.05) is 25.7 Å². The molecule has 1 fully saturated rings. The first-order chi connectivity index (χ1) is 9.29. The average Bonchev–Trinajstić information content (AvgIpc) is 2.74. The first-order valence-corrected chi connectivity index (χ1v) is 9.02. The van der Waals surface area contributed by atoms with Gasteiger partial charge in [0.1, 0.15) is 5.60 Å². The highest BCUT2D eigenvalue weighted by atomic mass is 32.2. The van der Waals surface area contributed by atoms with E-state index in [2.05, 4.69) is 5.32 Å². The lowest BCUT2D eigenvalue weighted by molar-refractivity contribution is 0.0227. The molecular weight excluding hydrogens is 276 g/mol. The molecule has 1 aliphatic heterocycles. The minimum absolute atomic E-state index is 0.212. The molecule has 1 saturated heterocycles.